The molecule has 0 heterocycles. The van der Waals surface area contributed by atoms with Crippen LogP contribution in [0.5, 0.6) is 0 Å². The van der Waals surface area contributed by atoms with Gasteiger partial charge in [0.2, 0.25) is 0 Å². The summed E-state index contributed by atoms with van der Waals surface area (Å²) < 4.78 is 0. The molecule has 0 aliphatic heterocycles. The third-order valence-electron chi connectivity index (χ3n) is 4.54. The van der Waals surface area contributed by atoms with Crippen molar-refractivity contribution in [1.82, 2.24) is 0 Å². The van der Waals surface area contributed by atoms with Crippen LogP contribution in [0.2, 0.25) is 10.0 Å². The first kappa shape index (κ1) is 15.2. The van der Waals surface area contributed by atoms with Crippen molar-refractivity contribution in [3.05, 3.63) is 33.8 Å². The van der Waals surface area contributed by atoms with E-state index in [1.165, 1.54) is 50.5 Å². The first-order valence-corrected chi connectivity index (χ1v) is 8.25. The average molecular weight is 299 g/mol. The maximum atomic E-state index is 6.23. The second kappa shape index (κ2) is 6.50. The molecule has 0 spiro atoms. The summed E-state index contributed by atoms with van der Waals surface area (Å²) in [6, 6.07) is 6.26. The zero-order chi connectivity index (χ0) is 13.9. The monoisotopic (exact) mass is 298 g/mol. The molecule has 0 nitrogen and oxygen atoms in total. The maximum Gasteiger partial charge on any atom is 0.0595 e. The molecule has 0 N–H and O–H groups in total. The van der Waals surface area contributed by atoms with Crippen LogP contribution in [0.1, 0.15) is 64.4 Å². The van der Waals surface area contributed by atoms with E-state index < -0.39 is 0 Å². The van der Waals surface area contributed by atoms with Crippen molar-refractivity contribution in [3.8, 4) is 0 Å². The zero-order valence-electron chi connectivity index (χ0n) is 12.0. The lowest BCUT2D eigenvalue weighted by Crippen LogP contribution is -2.29. The van der Waals surface area contributed by atoms with E-state index in [1.54, 1.807) is 0 Å². The van der Waals surface area contributed by atoms with Crippen LogP contribution in [0, 0.1) is 5.92 Å². The second-order valence-corrected chi connectivity index (χ2v) is 7.22. The van der Waals surface area contributed by atoms with Gasteiger partial charge in [-0.3, -0.25) is 0 Å². The standard InChI is InChI=1S/C17H24Cl2/c1-13(2)8-11-17(9-4-3-5-10-17)14-6-7-15(18)16(19)12-14/h6-7,12-13H,3-5,8-11H2,1-2H3. The fourth-order valence-electron chi connectivity index (χ4n) is 3.30. The highest BCUT2D eigenvalue weighted by Gasteiger charge is 2.33. The lowest BCUT2D eigenvalue weighted by atomic mass is 9.66. The van der Waals surface area contributed by atoms with Gasteiger partial charge in [-0.05, 0) is 48.3 Å². The van der Waals surface area contributed by atoms with Gasteiger partial charge in [0.25, 0.3) is 0 Å². The highest BCUT2D eigenvalue weighted by atomic mass is 35.5. The molecular weight excluding hydrogens is 275 g/mol. The van der Waals surface area contributed by atoms with Gasteiger partial charge >= 0.3 is 0 Å². The molecule has 0 bridgehead atoms. The number of hydrogen-bond acceptors (Lipinski definition) is 0. The van der Waals surface area contributed by atoms with E-state index in [2.05, 4.69) is 26.0 Å². The van der Waals surface area contributed by atoms with Gasteiger partial charge in [0.15, 0.2) is 0 Å². The Labute approximate surface area is 127 Å². The number of halogens is 2. The Kier molecular flexibility index (Phi) is 5.20. The van der Waals surface area contributed by atoms with Crippen LogP contribution in [-0.4, -0.2) is 0 Å². The van der Waals surface area contributed by atoms with Crippen molar-refractivity contribution in [2.45, 2.75) is 64.2 Å². The van der Waals surface area contributed by atoms with Crippen LogP contribution >= 0.6 is 23.2 Å². The topological polar surface area (TPSA) is 0 Å². The molecule has 19 heavy (non-hydrogen) atoms. The quantitative estimate of drug-likeness (QED) is 0.585. The van der Waals surface area contributed by atoms with E-state index in [1.807, 2.05) is 6.07 Å². The van der Waals surface area contributed by atoms with Gasteiger partial charge in [-0.2, -0.15) is 0 Å². The third kappa shape index (κ3) is 3.67. The molecule has 0 atom stereocenters. The van der Waals surface area contributed by atoms with Gasteiger partial charge in [0, 0.05) is 0 Å². The first-order chi connectivity index (χ1) is 9.03. The average Bonchev–Trinajstić information content (AvgIpc) is 2.40. The van der Waals surface area contributed by atoms with Crippen molar-refractivity contribution >= 4 is 23.2 Å². The van der Waals surface area contributed by atoms with Crippen molar-refractivity contribution < 1.29 is 0 Å². The molecule has 0 aromatic heterocycles. The van der Waals surface area contributed by atoms with E-state index >= 15 is 0 Å². The van der Waals surface area contributed by atoms with E-state index in [0.717, 1.165) is 5.92 Å². The molecule has 1 aromatic carbocycles. The second-order valence-electron chi connectivity index (χ2n) is 6.40. The van der Waals surface area contributed by atoms with Crippen LogP contribution in [0.3, 0.4) is 0 Å². The fourth-order valence-corrected chi connectivity index (χ4v) is 3.60. The van der Waals surface area contributed by atoms with Crippen molar-refractivity contribution in [3.63, 3.8) is 0 Å². The lowest BCUT2D eigenvalue weighted by Gasteiger charge is -2.39. The molecule has 106 valence electrons. The van der Waals surface area contributed by atoms with E-state index in [-0.39, 0.29) is 0 Å². The third-order valence-corrected chi connectivity index (χ3v) is 5.28. The van der Waals surface area contributed by atoms with Gasteiger partial charge in [-0.25, -0.2) is 0 Å². The molecule has 1 saturated carbocycles. The number of rotatable bonds is 4. The summed E-state index contributed by atoms with van der Waals surface area (Å²) in [5.74, 6) is 0.765. The molecule has 2 rings (SSSR count). The summed E-state index contributed by atoms with van der Waals surface area (Å²) in [5, 5.41) is 1.37. The molecular formula is C17H24Cl2. The minimum Gasteiger partial charge on any atom is -0.0827 e. The Morgan fingerprint density at radius 1 is 1.05 bits per heavy atom. The minimum absolute atomic E-state index is 0.344. The van der Waals surface area contributed by atoms with Gasteiger partial charge in [-0.15, -0.1) is 0 Å². The number of benzene rings is 1. The predicted molar refractivity (Wildman–Crippen MR) is 85.3 cm³/mol. The van der Waals surface area contributed by atoms with Crippen molar-refractivity contribution in [2.24, 2.45) is 5.92 Å². The molecule has 1 fully saturated rings. The van der Waals surface area contributed by atoms with Gasteiger partial charge in [0.05, 0.1) is 10.0 Å². The van der Waals surface area contributed by atoms with Crippen molar-refractivity contribution in [1.29, 1.82) is 0 Å². The van der Waals surface area contributed by atoms with E-state index in [0.29, 0.717) is 15.5 Å². The molecule has 0 radical (unpaired) electrons. The van der Waals surface area contributed by atoms with Gasteiger partial charge < -0.3 is 0 Å². The molecule has 0 unspecified atom stereocenters. The molecule has 2 heteroatoms. The van der Waals surface area contributed by atoms with E-state index in [4.69, 9.17) is 23.2 Å². The molecule has 0 amide bonds. The fraction of sp³-hybridized carbons (Fsp3) is 0.647. The summed E-state index contributed by atoms with van der Waals surface area (Å²) in [5.41, 5.74) is 1.75. The normalized spacial score (nSPS) is 18.8. The Balaban J connectivity index is 2.27. The Morgan fingerprint density at radius 3 is 2.32 bits per heavy atom. The zero-order valence-corrected chi connectivity index (χ0v) is 13.5. The predicted octanol–water partition coefficient (Wildman–Crippen LogP) is 6.63. The van der Waals surface area contributed by atoms with E-state index in [9.17, 15) is 0 Å². The number of hydrogen-bond donors (Lipinski definition) is 0. The maximum absolute atomic E-state index is 6.23. The Bertz CT molecular complexity index is 417. The molecule has 1 aliphatic rings. The SMILES string of the molecule is CC(C)CCC1(c2ccc(Cl)c(Cl)c2)CCCCC1. The molecule has 1 aromatic rings. The smallest absolute Gasteiger partial charge is 0.0595 e. The molecule has 0 saturated heterocycles. The Morgan fingerprint density at radius 2 is 1.74 bits per heavy atom. The largest absolute Gasteiger partial charge is 0.0827 e. The van der Waals surface area contributed by atoms with Crippen LogP contribution in [0.25, 0.3) is 0 Å². The van der Waals surface area contributed by atoms with Crippen LogP contribution < -0.4 is 0 Å². The minimum atomic E-state index is 0.344. The summed E-state index contributed by atoms with van der Waals surface area (Å²) in [6.45, 7) is 4.62. The molecule has 1 aliphatic carbocycles. The lowest BCUT2D eigenvalue weighted by molar-refractivity contribution is 0.257. The van der Waals surface area contributed by atoms with Crippen LogP contribution in [0.15, 0.2) is 18.2 Å². The summed E-state index contributed by atoms with van der Waals surface area (Å²) >= 11 is 12.3. The highest BCUT2D eigenvalue weighted by molar-refractivity contribution is 6.42. The summed E-state index contributed by atoms with van der Waals surface area (Å²) in [4.78, 5) is 0. The summed E-state index contributed by atoms with van der Waals surface area (Å²) in [7, 11) is 0. The highest BCUT2D eigenvalue weighted by Crippen LogP contribution is 2.44. The summed E-state index contributed by atoms with van der Waals surface area (Å²) in [6.07, 6.45) is 9.25. The Hall–Kier alpha value is -0.200. The van der Waals surface area contributed by atoms with Crippen LogP contribution in [0.4, 0.5) is 0 Å². The van der Waals surface area contributed by atoms with Crippen molar-refractivity contribution in [2.75, 3.05) is 0 Å². The van der Waals surface area contributed by atoms with Gasteiger partial charge in [-0.1, -0.05) is 68.8 Å². The van der Waals surface area contributed by atoms with Crippen LogP contribution in [-0.2, 0) is 5.41 Å². The first-order valence-electron chi connectivity index (χ1n) is 7.49. The van der Waals surface area contributed by atoms with Gasteiger partial charge in [0.1, 0.15) is 0 Å².